The third-order valence-electron chi connectivity index (χ3n) is 3.18. The number of aromatic nitrogens is 6. The van der Waals surface area contributed by atoms with Crippen molar-refractivity contribution in [1.82, 2.24) is 30.0 Å². The van der Waals surface area contributed by atoms with E-state index in [0.717, 1.165) is 5.69 Å². The second kappa shape index (κ2) is 5.63. The van der Waals surface area contributed by atoms with Crippen LogP contribution in [0.25, 0.3) is 11.5 Å². The van der Waals surface area contributed by atoms with E-state index in [2.05, 4.69) is 20.6 Å². The maximum absolute atomic E-state index is 11.5. The number of nitrogens with zero attached hydrogens (tertiary/aromatic N) is 6. The standard InChI is InChI=1S/C13H20N6O2/c1-13(2,3)7-9(12(20)21)8-19-11(15-16-17-19)10-5-6-14-18(10)4/h5-6,9H,7-8H2,1-4H3,(H,20,21). The van der Waals surface area contributed by atoms with Crippen molar-refractivity contribution in [3.05, 3.63) is 12.3 Å². The van der Waals surface area contributed by atoms with Gasteiger partial charge in [-0.2, -0.15) is 5.10 Å². The van der Waals surface area contributed by atoms with Crippen LogP contribution >= 0.6 is 0 Å². The number of carboxylic acid groups (broad SMARTS) is 1. The Morgan fingerprint density at radius 3 is 2.67 bits per heavy atom. The van der Waals surface area contributed by atoms with Crippen molar-refractivity contribution < 1.29 is 9.90 Å². The number of carboxylic acids is 1. The predicted octanol–water partition coefficient (Wildman–Crippen LogP) is 1.21. The van der Waals surface area contributed by atoms with Gasteiger partial charge in [0.15, 0.2) is 5.82 Å². The Bertz CT molecular complexity index is 625. The quantitative estimate of drug-likeness (QED) is 0.889. The molecule has 0 aliphatic rings. The number of carbonyl (C=O) groups is 1. The zero-order valence-electron chi connectivity index (χ0n) is 12.7. The first-order valence-electron chi connectivity index (χ1n) is 6.75. The first-order valence-corrected chi connectivity index (χ1v) is 6.75. The summed E-state index contributed by atoms with van der Waals surface area (Å²) in [6, 6.07) is 1.79. The van der Waals surface area contributed by atoms with Crippen molar-refractivity contribution in [2.24, 2.45) is 18.4 Å². The molecule has 0 aromatic carbocycles. The highest BCUT2D eigenvalue weighted by Gasteiger charge is 2.27. The Labute approximate surface area is 122 Å². The Balaban J connectivity index is 2.25. The van der Waals surface area contributed by atoms with Gasteiger partial charge in [-0.05, 0) is 28.3 Å². The van der Waals surface area contributed by atoms with Gasteiger partial charge in [-0.3, -0.25) is 9.48 Å². The summed E-state index contributed by atoms with van der Waals surface area (Å²) >= 11 is 0. The third kappa shape index (κ3) is 3.65. The van der Waals surface area contributed by atoms with Gasteiger partial charge < -0.3 is 5.11 Å². The minimum absolute atomic E-state index is 0.0796. The van der Waals surface area contributed by atoms with Gasteiger partial charge in [0, 0.05) is 13.2 Å². The van der Waals surface area contributed by atoms with Crippen LogP contribution in [0.1, 0.15) is 27.2 Å². The normalized spacial score (nSPS) is 13.3. The lowest BCUT2D eigenvalue weighted by molar-refractivity contribution is -0.143. The third-order valence-corrected chi connectivity index (χ3v) is 3.18. The van der Waals surface area contributed by atoms with Crippen molar-refractivity contribution in [2.75, 3.05) is 0 Å². The molecule has 114 valence electrons. The SMILES string of the molecule is Cn1nccc1-c1nnnn1CC(CC(C)(C)C)C(=O)O. The fraction of sp³-hybridized carbons (Fsp3) is 0.615. The Kier molecular flexibility index (Phi) is 4.06. The fourth-order valence-electron chi connectivity index (χ4n) is 2.28. The highest BCUT2D eigenvalue weighted by molar-refractivity contribution is 5.70. The molecule has 0 aliphatic carbocycles. The van der Waals surface area contributed by atoms with Crippen LogP contribution in [0.15, 0.2) is 12.3 Å². The Morgan fingerprint density at radius 1 is 1.43 bits per heavy atom. The number of aryl methyl sites for hydroxylation is 1. The average Bonchev–Trinajstić information content (AvgIpc) is 2.95. The highest BCUT2D eigenvalue weighted by Crippen LogP contribution is 2.26. The summed E-state index contributed by atoms with van der Waals surface area (Å²) in [6.07, 6.45) is 2.20. The number of hydrogen-bond donors (Lipinski definition) is 1. The molecule has 21 heavy (non-hydrogen) atoms. The van der Waals surface area contributed by atoms with Gasteiger partial charge in [-0.25, -0.2) is 4.68 Å². The molecule has 0 saturated heterocycles. The van der Waals surface area contributed by atoms with E-state index in [9.17, 15) is 9.90 Å². The maximum atomic E-state index is 11.5. The Morgan fingerprint density at radius 2 is 2.14 bits per heavy atom. The van der Waals surface area contributed by atoms with Gasteiger partial charge in [0.2, 0.25) is 0 Å². The van der Waals surface area contributed by atoms with E-state index >= 15 is 0 Å². The van der Waals surface area contributed by atoms with E-state index in [1.165, 1.54) is 4.68 Å². The van der Waals surface area contributed by atoms with E-state index in [-0.39, 0.29) is 12.0 Å². The molecule has 8 nitrogen and oxygen atoms in total. The first-order chi connectivity index (χ1) is 9.78. The average molecular weight is 292 g/mol. The minimum Gasteiger partial charge on any atom is -0.481 e. The Hall–Kier alpha value is -2.25. The van der Waals surface area contributed by atoms with Crippen LogP contribution < -0.4 is 0 Å². The molecular formula is C13H20N6O2. The number of hydrogen-bond acceptors (Lipinski definition) is 5. The summed E-state index contributed by atoms with van der Waals surface area (Å²) in [5, 5.41) is 25.0. The highest BCUT2D eigenvalue weighted by atomic mass is 16.4. The van der Waals surface area contributed by atoms with E-state index in [1.807, 2.05) is 20.8 Å². The second-order valence-electron chi connectivity index (χ2n) is 6.32. The molecule has 2 aromatic rings. The van der Waals surface area contributed by atoms with Crippen LogP contribution in [0.3, 0.4) is 0 Å². The molecule has 0 spiro atoms. The lowest BCUT2D eigenvalue weighted by Crippen LogP contribution is -2.26. The predicted molar refractivity (Wildman–Crippen MR) is 75.2 cm³/mol. The number of aliphatic carboxylic acids is 1. The molecule has 0 radical (unpaired) electrons. The number of tetrazole rings is 1. The molecule has 0 aliphatic heterocycles. The van der Waals surface area contributed by atoms with Gasteiger partial charge >= 0.3 is 5.97 Å². The first kappa shape index (κ1) is 15.1. The largest absolute Gasteiger partial charge is 0.481 e. The lowest BCUT2D eigenvalue weighted by atomic mass is 9.84. The maximum Gasteiger partial charge on any atom is 0.308 e. The van der Waals surface area contributed by atoms with E-state index < -0.39 is 11.9 Å². The van der Waals surface area contributed by atoms with E-state index in [1.54, 1.807) is 24.0 Å². The van der Waals surface area contributed by atoms with Crippen molar-refractivity contribution in [2.45, 2.75) is 33.7 Å². The van der Waals surface area contributed by atoms with Crippen LogP contribution in [0.2, 0.25) is 0 Å². The van der Waals surface area contributed by atoms with E-state index in [0.29, 0.717) is 12.2 Å². The molecule has 0 bridgehead atoms. The molecule has 0 fully saturated rings. The fourth-order valence-corrected chi connectivity index (χ4v) is 2.28. The van der Waals surface area contributed by atoms with Crippen LogP contribution in [0.4, 0.5) is 0 Å². The van der Waals surface area contributed by atoms with Gasteiger partial charge in [0.25, 0.3) is 0 Å². The molecule has 0 amide bonds. The summed E-state index contributed by atoms with van der Waals surface area (Å²) in [4.78, 5) is 11.5. The van der Waals surface area contributed by atoms with Crippen molar-refractivity contribution in [1.29, 1.82) is 0 Å². The summed E-state index contributed by atoms with van der Waals surface area (Å²) < 4.78 is 3.18. The zero-order valence-corrected chi connectivity index (χ0v) is 12.7. The second-order valence-corrected chi connectivity index (χ2v) is 6.32. The van der Waals surface area contributed by atoms with Gasteiger partial charge in [0.05, 0.1) is 12.5 Å². The van der Waals surface area contributed by atoms with Crippen LogP contribution in [0, 0.1) is 11.3 Å². The molecule has 1 unspecified atom stereocenters. The zero-order chi connectivity index (χ0) is 15.6. The molecule has 2 aromatic heterocycles. The smallest absolute Gasteiger partial charge is 0.308 e. The van der Waals surface area contributed by atoms with Crippen LogP contribution in [0.5, 0.6) is 0 Å². The summed E-state index contributed by atoms with van der Waals surface area (Å²) in [7, 11) is 1.79. The number of rotatable bonds is 5. The minimum atomic E-state index is -0.837. The van der Waals surface area contributed by atoms with Crippen LogP contribution in [-0.2, 0) is 18.4 Å². The lowest BCUT2D eigenvalue weighted by Gasteiger charge is -2.23. The molecular weight excluding hydrogens is 272 g/mol. The van der Waals surface area contributed by atoms with Crippen LogP contribution in [-0.4, -0.2) is 41.1 Å². The van der Waals surface area contributed by atoms with Crippen molar-refractivity contribution in [3.8, 4) is 11.5 Å². The topological polar surface area (TPSA) is 98.7 Å². The molecule has 8 heteroatoms. The van der Waals surface area contributed by atoms with Gasteiger partial charge in [-0.15, -0.1) is 5.10 Å². The molecule has 0 saturated carbocycles. The van der Waals surface area contributed by atoms with Crippen molar-refractivity contribution >= 4 is 5.97 Å². The summed E-state index contributed by atoms with van der Waals surface area (Å²) in [5.41, 5.74) is 0.670. The molecule has 1 atom stereocenters. The summed E-state index contributed by atoms with van der Waals surface area (Å²) in [6.45, 7) is 6.29. The van der Waals surface area contributed by atoms with Gasteiger partial charge in [-0.1, -0.05) is 20.8 Å². The molecule has 1 N–H and O–H groups in total. The van der Waals surface area contributed by atoms with E-state index in [4.69, 9.17) is 0 Å². The monoisotopic (exact) mass is 292 g/mol. The van der Waals surface area contributed by atoms with Crippen molar-refractivity contribution in [3.63, 3.8) is 0 Å². The summed E-state index contributed by atoms with van der Waals surface area (Å²) in [5.74, 6) is -0.855. The van der Waals surface area contributed by atoms with Gasteiger partial charge in [0.1, 0.15) is 5.69 Å². The molecule has 2 heterocycles. The molecule has 2 rings (SSSR count).